The van der Waals surface area contributed by atoms with Crippen LogP contribution < -0.4 is 11.1 Å². The molecule has 16 heavy (non-hydrogen) atoms. The molecule has 0 radical (unpaired) electrons. The standard InChI is InChI=1S/C12H24N2O.ClH/c1-9(2)7-10(13)11(15)14-8-12(3)5-4-6-12;/h9-10H,4-8,13H2,1-3H3,(H,14,15);1H/t10-;/m0./s1. The van der Waals surface area contributed by atoms with Crippen molar-refractivity contribution in [2.45, 2.75) is 52.5 Å². The number of nitrogens with two attached hydrogens (primary N) is 1. The summed E-state index contributed by atoms with van der Waals surface area (Å²) in [6, 6.07) is -0.339. The van der Waals surface area contributed by atoms with Gasteiger partial charge in [-0.1, -0.05) is 27.2 Å². The van der Waals surface area contributed by atoms with Crippen LogP contribution in [0.25, 0.3) is 0 Å². The minimum atomic E-state index is -0.339. The van der Waals surface area contributed by atoms with Gasteiger partial charge in [-0.25, -0.2) is 0 Å². The summed E-state index contributed by atoms with van der Waals surface area (Å²) in [6.07, 6.45) is 4.52. The minimum absolute atomic E-state index is 0. The summed E-state index contributed by atoms with van der Waals surface area (Å²) in [5.74, 6) is 0.488. The van der Waals surface area contributed by atoms with Crippen LogP contribution in [0, 0.1) is 11.3 Å². The Hall–Kier alpha value is -0.280. The Morgan fingerprint density at radius 1 is 1.44 bits per heavy atom. The number of carbonyl (C=O) groups excluding carboxylic acids is 1. The van der Waals surface area contributed by atoms with E-state index in [1.807, 2.05) is 0 Å². The van der Waals surface area contributed by atoms with Gasteiger partial charge in [0, 0.05) is 6.54 Å². The van der Waals surface area contributed by atoms with E-state index in [1.54, 1.807) is 0 Å². The van der Waals surface area contributed by atoms with E-state index in [2.05, 4.69) is 26.1 Å². The van der Waals surface area contributed by atoms with E-state index in [9.17, 15) is 4.79 Å². The van der Waals surface area contributed by atoms with Gasteiger partial charge in [-0.15, -0.1) is 12.4 Å². The first-order valence-corrected chi connectivity index (χ1v) is 5.96. The van der Waals surface area contributed by atoms with Gasteiger partial charge in [0.15, 0.2) is 0 Å². The Kier molecular flexibility index (Phi) is 6.34. The number of nitrogens with one attached hydrogen (secondary N) is 1. The molecule has 1 atom stereocenters. The van der Waals surface area contributed by atoms with Crippen molar-refractivity contribution in [3.8, 4) is 0 Å². The first kappa shape index (κ1) is 15.7. The van der Waals surface area contributed by atoms with E-state index in [4.69, 9.17) is 5.73 Å². The quantitative estimate of drug-likeness (QED) is 0.783. The second-order valence-electron chi connectivity index (χ2n) is 5.62. The summed E-state index contributed by atoms with van der Waals surface area (Å²) >= 11 is 0. The van der Waals surface area contributed by atoms with Gasteiger partial charge in [-0.3, -0.25) is 4.79 Å². The minimum Gasteiger partial charge on any atom is -0.354 e. The molecule has 1 saturated carbocycles. The molecule has 0 aliphatic heterocycles. The van der Waals surface area contributed by atoms with Crippen LogP contribution in [0.15, 0.2) is 0 Å². The third-order valence-corrected chi connectivity index (χ3v) is 3.31. The van der Waals surface area contributed by atoms with Gasteiger partial charge in [0.25, 0.3) is 0 Å². The van der Waals surface area contributed by atoms with Crippen molar-refractivity contribution in [1.82, 2.24) is 5.32 Å². The number of hydrogen-bond donors (Lipinski definition) is 2. The molecule has 0 unspecified atom stereocenters. The van der Waals surface area contributed by atoms with Crippen LogP contribution >= 0.6 is 12.4 Å². The predicted molar refractivity (Wildman–Crippen MR) is 69.6 cm³/mol. The third kappa shape index (κ3) is 4.71. The van der Waals surface area contributed by atoms with Gasteiger partial charge in [-0.2, -0.15) is 0 Å². The highest BCUT2D eigenvalue weighted by atomic mass is 35.5. The molecule has 0 spiro atoms. The maximum absolute atomic E-state index is 11.6. The van der Waals surface area contributed by atoms with Crippen LogP contribution in [0.5, 0.6) is 0 Å². The van der Waals surface area contributed by atoms with Crippen LogP contribution in [-0.4, -0.2) is 18.5 Å². The van der Waals surface area contributed by atoms with E-state index in [0.717, 1.165) is 13.0 Å². The van der Waals surface area contributed by atoms with E-state index in [1.165, 1.54) is 19.3 Å². The van der Waals surface area contributed by atoms with Crippen molar-refractivity contribution in [3.63, 3.8) is 0 Å². The largest absolute Gasteiger partial charge is 0.354 e. The molecule has 0 aromatic heterocycles. The zero-order valence-corrected chi connectivity index (χ0v) is 11.4. The Bertz CT molecular complexity index is 227. The molecule has 0 aromatic carbocycles. The maximum Gasteiger partial charge on any atom is 0.236 e. The number of carbonyl (C=O) groups is 1. The number of amides is 1. The summed E-state index contributed by atoms with van der Waals surface area (Å²) in [7, 11) is 0. The first-order chi connectivity index (χ1) is 6.93. The lowest BCUT2D eigenvalue weighted by molar-refractivity contribution is -0.123. The molecule has 1 amide bonds. The molecular formula is C12H25ClN2O. The molecule has 4 heteroatoms. The lowest BCUT2D eigenvalue weighted by Crippen LogP contribution is -2.46. The summed E-state index contributed by atoms with van der Waals surface area (Å²) in [6.45, 7) is 7.18. The molecule has 1 fully saturated rings. The lowest BCUT2D eigenvalue weighted by atomic mass is 9.70. The zero-order valence-electron chi connectivity index (χ0n) is 10.6. The van der Waals surface area contributed by atoms with Crippen LogP contribution in [0.1, 0.15) is 46.5 Å². The summed E-state index contributed by atoms with van der Waals surface area (Å²) in [5, 5.41) is 2.97. The average molecular weight is 249 g/mol. The second-order valence-corrected chi connectivity index (χ2v) is 5.62. The molecule has 96 valence electrons. The van der Waals surface area contributed by atoms with Gasteiger partial charge in [-0.05, 0) is 30.6 Å². The summed E-state index contributed by atoms with van der Waals surface area (Å²) in [4.78, 5) is 11.6. The first-order valence-electron chi connectivity index (χ1n) is 5.96. The van der Waals surface area contributed by atoms with Crippen molar-refractivity contribution in [2.24, 2.45) is 17.1 Å². The SMILES string of the molecule is CC(C)C[C@H](N)C(=O)NCC1(C)CCC1.Cl. The predicted octanol–water partition coefficient (Wildman–Crippen LogP) is 2.09. The Labute approximate surface area is 105 Å². The fraction of sp³-hybridized carbons (Fsp3) is 0.917. The van der Waals surface area contributed by atoms with Gasteiger partial charge in [0.2, 0.25) is 5.91 Å². The normalized spacial score (nSPS) is 19.6. The second kappa shape index (κ2) is 6.45. The van der Waals surface area contributed by atoms with Crippen LogP contribution in [0.3, 0.4) is 0 Å². The third-order valence-electron chi connectivity index (χ3n) is 3.31. The lowest BCUT2D eigenvalue weighted by Gasteiger charge is -2.38. The number of halogens is 1. The molecule has 0 aromatic rings. The molecule has 1 aliphatic rings. The molecule has 1 rings (SSSR count). The van der Waals surface area contributed by atoms with Crippen molar-refractivity contribution in [2.75, 3.05) is 6.54 Å². The topological polar surface area (TPSA) is 55.1 Å². The van der Waals surface area contributed by atoms with Crippen LogP contribution in [-0.2, 0) is 4.79 Å². The highest BCUT2D eigenvalue weighted by Gasteiger charge is 2.32. The van der Waals surface area contributed by atoms with Crippen molar-refractivity contribution < 1.29 is 4.79 Å². The molecule has 1 aliphatic carbocycles. The van der Waals surface area contributed by atoms with Gasteiger partial charge in [0.1, 0.15) is 0 Å². The Morgan fingerprint density at radius 3 is 2.38 bits per heavy atom. The highest BCUT2D eigenvalue weighted by molar-refractivity contribution is 5.85. The molecule has 0 heterocycles. The van der Waals surface area contributed by atoms with E-state index in [0.29, 0.717) is 11.3 Å². The molecule has 3 N–H and O–H groups in total. The Balaban J connectivity index is 0.00000225. The number of rotatable bonds is 5. The van der Waals surface area contributed by atoms with Crippen LogP contribution in [0.4, 0.5) is 0 Å². The van der Waals surface area contributed by atoms with Crippen molar-refractivity contribution >= 4 is 18.3 Å². The fourth-order valence-electron chi connectivity index (χ4n) is 2.00. The van der Waals surface area contributed by atoms with Crippen molar-refractivity contribution in [3.05, 3.63) is 0 Å². The summed E-state index contributed by atoms with van der Waals surface area (Å²) < 4.78 is 0. The maximum atomic E-state index is 11.6. The molecule has 0 saturated heterocycles. The molecule has 0 bridgehead atoms. The van der Waals surface area contributed by atoms with E-state index < -0.39 is 0 Å². The van der Waals surface area contributed by atoms with Crippen LogP contribution in [0.2, 0.25) is 0 Å². The summed E-state index contributed by atoms with van der Waals surface area (Å²) in [5.41, 5.74) is 6.14. The zero-order chi connectivity index (χ0) is 11.5. The number of hydrogen-bond acceptors (Lipinski definition) is 2. The average Bonchev–Trinajstić information content (AvgIpc) is 2.10. The molecule has 3 nitrogen and oxygen atoms in total. The van der Waals surface area contributed by atoms with Gasteiger partial charge in [0.05, 0.1) is 6.04 Å². The Morgan fingerprint density at radius 2 is 2.00 bits per heavy atom. The monoisotopic (exact) mass is 248 g/mol. The smallest absolute Gasteiger partial charge is 0.236 e. The highest BCUT2D eigenvalue weighted by Crippen LogP contribution is 2.39. The van der Waals surface area contributed by atoms with Gasteiger partial charge >= 0.3 is 0 Å². The van der Waals surface area contributed by atoms with Crippen molar-refractivity contribution in [1.29, 1.82) is 0 Å². The fourth-order valence-corrected chi connectivity index (χ4v) is 2.00. The van der Waals surface area contributed by atoms with Gasteiger partial charge < -0.3 is 11.1 Å². The van der Waals surface area contributed by atoms with E-state index >= 15 is 0 Å². The van der Waals surface area contributed by atoms with E-state index in [-0.39, 0.29) is 24.4 Å². The molecular weight excluding hydrogens is 224 g/mol.